The molecule has 0 spiro atoms. The Kier molecular flexibility index (Phi) is 6.38. The minimum Gasteiger partial charge on any atom is -0.419 e. The van der Waals surface area contributed by atoms with Crippen molar-refractivity contribution in [1.29, 1.82) is 0 Å². The number of para-hydroxylation sites is 1. The number of piperazine rings is 1. The van der Waals surface area contributed by atoms with Gasteiger partial charge in [0.25, 0.3) is 0 Å². The van der Waals surface area contributed by atoms with Crippen LogP contribution in [-0.2, 0) is 9.84 Å². The Bertz CT molecular complexity index is 1400. The van der Waals surface area contributed by atoms with Gasteiger partial charge in [0.2, 0.25) is 26.6 Å². The van der Waals surface area contributed by atoms with E-state index in [4.69, 9.17) is 16.0 Å². The number of hydrogen-bond donors (Lipinski definition) is 0. The summed E-state index contributed by atoms with van der Waals surface area (Å²) in [4.78, 5) is 8.82. The molecule has 3 aromatic carbocycles. The molecule has 0 saturated carbocycles. The molecule has 34 heavy (non-hydrogen) atoms. The predicted molar refractivity (Wildman–Crippen MR) is 137 cm³/mol. The molecular formula is C25H21BrClN3O3S. The zero-order chi connectivity index (χ0) is 23.7. The first-order chi connectivity index (χ1) is 16.4. The minimum atomic E-state index is -3.93. The average molecular weight is 559 g/mol. The first-order valence-corrected chi connectivity index (χ1v) is 13.4. The predicted octanol–water partition coefficient (Wildman–Crippen LogP) is 5.92. The van der Waals surface area contributed by atoms with Crippen LogP contribution in [0.4, 0.5) is 11.6 Å². The van der Waals surface area contributed by atoms with Gasteiger partial charge >= 0.3 is 0 Å². The van der Waals surface area contributed by atoms with Crippen molar-refractivity contribution in [2.45, 2.75) is 9.92 Å². The third-order valence-electron chi connectivity index (χ3n) is 5.75. The summed E-state index contributed by atoms with van der Waals surface area (Å²) in [6.07, 6.45) is 0. The van der Waals surface area contributed by atoms with Crippen molar-refractivity contribution in [3.8, 4) is 11.5 Å². The van der Waals surface area contributed by atoms with Crippen LogP contribution in [0.2, 0.25) is 5.02 Å². The van der Waals surface area contributed by atoms with E-state index in [-0.39, 0.29) is 21.7 Å². The molecule has 174 valence electrons. The van der Waals surface area contributed by atoms with E-state index in [1.807, 2.05) is 29.2 Å². The van der Waals surface area contributed by atoms with Gasteiger partial charge in [-0.1, -0.05) is 57.9 Å². The zero-order valence-corrected chi connectivity index (χ0v) is 21.2. The first-order valence-electron chi connectivity index (χ1n) is 10.7. The maximum atomic E-state index is 13.6. The molecule has 1 fully saturated rings. The van der Waals surface area contributed by atoms with Gasteiger partial charge in [0.05, 0.1) is 15.5 Å². The molecule has 0 N–H and O–H groups in total. The number of hydrogen-bond acceptors (Lipinski definition) is 6. The van der Waals surface area contributed by atoms with E-state index >= 15 is 0 Å². The maximum absolute atomic E-state index is 13.6. The van der Waals surface area contributed by atoms with Crippen LogP contribution in [0.1, 0.15) is 0 Å². The summed E-state index contributed by atoms with van der Waals surface area (Å²) in [6, 6.07) is 23.8. The highest BCUT2D eigenvalue weighted by Crippen LogP contribution is 2.37. The summed E-state index contributed by atoms with van der Waals surface area (Å²) in [6.45, 7) is 2.64. The van der Waals surface area contributed by atoms with E-state index in [1.165, 1.54) is 0 Å². The lowest BCUT2D eigenvalue weighted by Gasteiger charge is -2.36. The summed E-state index contributed by atoms with van der Waals surface area (Å²) < 4.78 is 34.1. The molecule has 0 atom stereocenters. The Morgan fingerprint density at radius 1 is 0.824 bits per heavy atom. The van der Waals surface area contributed by atoms with Gasteiger partial charge in [-0.25, -0.2) is 8.42 Å². The van der Waals surface area contributed by atoms with E-state index in [2.05, 4.69) is 37.9 Å². The topological polar surface area (TPSA) is 66.7 Å². The molecule has 1 aliphatic rings. The van der Waals surface area contributed by atoms with Crippen LogP contribution in [0.25, 0.3) is 11.5 Å². The van der Waals surface area contributed by atoms with Crippen LogP contribution in [0.15, 0.2) is 97.7 Å². The van der Waals surface area contributed by atoms with Crippen LogP contribution < -0.4 is 9.80 Å². The fraction of sp³-hybridized carbons (Fsp3) is 0.160. The highest BCUT2D eigenvalue weighted by atomic mass is 79.9. The lowest BCUT2D eigenvalue weighted by molar-refractivity contribution is 0.525. The quantitative estimate of drug-likeness (QED) is 0.303. The van der Waals surface area contributed by atoms with Crippen LogP contribution in [0, 0.1) is 0 Å². The van der Waals surface area contributed by atoms with Crippen LogP contribution >= 0.6 is 27.5 Å². The lowest BCUT2D eigenvalue weighted by Crippen LogP contribution is -2.46. The molecule has 5 rings (SSSR count). The highest BCUT2D eigenvalue weighted by Gasteiger charge is 2.33. The Balaban J connectivity index is 1.53. The van der Waals surface area contributed by atoms with E-state index < -0.39 is 9.84 Å². The molecule has 0 radical (unpaired) electrons. The van der Waals surface area contributed by atoms with Gasteiger partial charge in [-0.15, -0.1) is 0 Å². The third kappa shape index (κ3) is 4.45. The molecular weight excluding hydrogens is 538 g/mol. The number of benzene rings is 3. The summed E-state index contributed by atoms with van der Waals surface area (Å²) >= 11 is 9.72. The van der Waals surface area contributed by atoms with Crippen LogP contribution in [0.5, 0.6) is 0 Å². The minimum absolute atomic E-state index is 0.0992. The fourth-order valence-corrected chi connectivity index (χ4v) is 5.76. The summed E-state index contributed by atoms with van der Waals surface area (Å²) in [5, 5.41) is 0.342. The smallest absolute Gasteiger partial charge is 0.236 e. The van der Waals surface area contributed by atoms with Crippen molar-refractivity contribution in [2.24, 2.45) is 0 Å². The van der Waals surface area contributed by atoms with E-state index in [1.54, 1.807) is 42.5 Å². The lowest BCUT2D eigenvalue weighted by atomic mass is 10.2. The molecule has 4 aromatic rings. The molecule has 9 heteroatoms. The maximum Gasteiger partial charge on any atom is 0.236 e. The van der Waals surface area contributed by atoms with Gasteiger partial charge in [-0.05, 0) is 48.5 Å². The number of sulfone groups is 1. The Morgan fingerprint density at radius 2 is 1.44 bits per heavy atom. The number of aromatic nitrogens is 1. The van der Waals surface area contributed by atoms with Crippen LogP contribution in [0.3, 0.4) is 0 Å². The third-order valence-corrected chi connectivity index (χ3v) is 8.28. The van der Waals surface area contributed by atoms with Crippen LogP contribution in [-0.4, -0.2) is 39.6 Å². The number of halogens is 2. The van der Waals surface area contributed by atoms with E-state index in [9.17, 15) is 8.42 Å². The standard InChI is InChI=1S/C25H21BrClN3O3S/c26-18-10-12-20(13-11-18)34(31,32)24-25(33-23(28-24)21-8-4-5-9-22(21)27)30-16-14-29(15-17-30)19-6-2-1-3-7-19/h1-13H,14-17H2. The SMILES string of the molecule is O=S(=O)(c1ccc(Br)cc1)c1nc(-c2ccccc2Cl)oc1N1CCN(c2ccccc2)CC1. The molecule has 1 aliphatic heterocycles. The van der Waals surface area contributed by atoms with E-state index in [0.29, 0.717) is 23.7 Å². The Morgan fingerprint density at radius 3 is 2.12 bits per heavy atom. The van der Waals surface area contributed by atoms with Crippen molar-refractivity contribution in [3.05, 3.63) is 88.4 Å². The second-order valence-electron chi connectivity index (χ2n) is 7.88. The van der Waals surface area contributed by atoms with Gasteiger partial charge in [-0.2, -0.15) is 4.98 Å². The molecule has 0 bridgehead atoms. The Hall–Kier alpha value is -2.81. The summed E-state index contributed by atoms with van der Waals surface area (Å²) in [5.41, 5.74) is 1.68. The summed E-state index contributed by atoms with van der Waals surface area (Å²) in [7, 11) is -3.93. The molecule has 0 aliphatic carbocycles. The highest BCUT2D eigenvalue weighted by molar-refractivity contribution is 9.10. The normalized spacial score (nSPS) is 14.4. The molecule has 0 unspecified atom stereocenters. The van der Waals surface area contributed by atoms with Gasteiger partial charge in [0, 0.05) is 36.3 Å². The second kappa shape index (κ2) is 9.44. The fourth-order valence-electron chi connectivity index (χ4n) is 3.95. The van der Waals surface area contributed by atoms with Gasteiger partial charge < -0.3 is 14.2 Å². The van der Waals surface area contributed by atoms with Crippen molar-refractivity contribution in [2.75, 3.05) is 36.0 Å². The molecule has 1 saturated heterocycles. The number of anilines is 2. The molecule has 2 heterocycles. The average Bonchev–Trinajstić information content (AvgIpc) is 3.31. The second-order valence-corrected chi connectivity index (χ2v) is 11.1. The first kappa shape index (κ1) is 23.0. The number of rotatable bonds is 5. The van der Waals surface area contributed by atoms with Gasteiger partial charge in [-0.3, -0.25) is 0 Å². The number of nitrogens with zero attached hydrogens (tertiary/aromatic N) is 3. The van der Waals surface area contributed by atoms with Crippen molar-refractivity contribution < 1.29 is 12.8 Å². The van der Waals surface area contributed by atoms with Gasteiger partial charge in [0.15, 0.2) is 0 Å². The van der Waals surface area contributed by atoms with Crippen molar-refractivity contribution in [1.82, 2.24) is 4.98 Å². The zero-order valence-electron chi connectivity index (χ0n) is 18.1. The van der Waals surface area contributed by atoms with Crippen molar-refractivity contribution in [3.63, 3.8) is 0 Å². The molecule has 1 aromatic heterocycles. The molecule has 6 nitrogen and oxygen atoms in total. The molecule has 0 amide bonds. The largest absolute Gasteiger partial charge is 0.419 e. The van der Waals surface area contributed by atoms with Gasteiger partial charge in [0.1, 0.15) is 0 Å². The monoisotopic (exact) mass is 557 g/mol. The Labute approximate surface area is 211 Å². The summed E-state index contributed by atoms with van der Waals surface area (Å²) in [5.74, 6) is 0.423. The number of oxazole rings is 1. The van der Waals surface area contributed by atoms with Crippen molar-refractivity contribution >= 4 is 48.9 Å². The van der Waals surface area contributed by atoms with E-state index in [0.717, 1.165) is 23.2 Å².